The highest BCUT2D eigenvalue weighted by atomic mass is 16.6. The van der Waals surface area contributed by atoms with Gasteiger partial charge in [0.05, 0.1) is 12.2 Å². The Morgan fingerprint density at radius 1 is 1.44 bits per heavy atom. The van der Waals surface area contributed by atoms with Gasteiger partial charge in [0.1, 0.15) is 0 Å². The summed E-state index contributed by atoms with van der Waals surface area (Å²) in [5.41, 5.74) is 0.420. The van der Waals surface area contributed by atoms with E-state index in [9.17, 15) is 4.79 Å². The number of hydrogen-bond acceptors (Lipinski definition) is 2. The zero-order chi connectivity index (χ0) is 11.5. The van der Waals surface area contributed by atoms with Crippen molar-refractivity contribution in [1.29, 1.82) is 0 Å². The Kier molecular flexibility index (Phi) is 2.13. The minimum atomic E-state index is 0.248. The second-order valence-electron chi connectivity index (χ2n) is 6.28. The summed E-state index contributed by atoms with van der Waals surface area (Å²) >= 11 is 0. The van der Waals surface area contributed by atoms with Crippen LogP contribution in [-0.2, 0) is 9.53 Å². The molecule has 2 saturated heterocycles. The smallest absolute Gasteiger partial charge is 0.219 e. The van der Waals surface area contributed by atoms with Crippen LogP contribution < -0.4 is 0 Å². The lowest BCUT2D eigenvalue weighted by molar-refractivity contribution is -0.157. The maximum atomic E-state index is 11.5. The second-order valence-corrected chi connectivity index (χ2v) is 6.28. The van der Waals surface area contributed by atoms with Gasteiger partial charge < -0.3 is 9.64 Å². The molecular weight excluding hydrogens is 202 g/mol. The van der Waals surface area contributed by atoms with Gasteiger partial charge in [0.15, 0.2) is 0 Å². The number of likely N-dealkylation sites (tertiary alicyclic amines) is 1. The number of nitrogens with zero attached hydrogens (tertiary/aromatic N) is 1. The highest BCUT2D eigenvalue weighted by molar-refractivity contribution is 5.75. The molecule has 1 amide bonds. The number of amides is 1. The summed E-state index contributed by atoms with van der Waals surface area (Å²) in [6.45, 7) is 7.18. The highest BCUT2D eigenvalue weighted by Gasteiger charge is 2.64. The van der Waals surface area contributed by atoms with Crippen LogP contribution in [0.1, 0.15) is 40.0 Å². The first kappa shape index (κ1) is 10.6. The van der Waals surface area contributed by atoms with Crippen molar-refractivity contribution in [2.45, 2.75) is 58.3 Å². The monoisotopic (exact) mass is 223 g/mol. The van der Waals surface area contributed by atoms with Crippen LogP contribution in [0.15, 0.2) is 0 Å². The van der Waals surface area contributed by atoms with Gasteiger partial charge in [-0.2, -0.15) is 0 Å². The zero-order valence-electron chi connectivity index (χ0n) is 10.4. The SMILES string of the molecule is CC(=O)N1CC2(C[C@@H]3O[C@@H]3C2)C1CC(C)C. The maximum absolute atomic E-state index is 11.5. The molecule has 2 aliphatic heterocycles. The van der Waals surface area contributed by atoms with Gasteiger partial charge in [0, 0.05) is 24.9 Å². The molecule has 0 N–H and O–H groups in total. The Bertz CT molecular complexity index is 316. The van der Waals surface area contributed by atoms with E-state index < -0.39 is 0 Å². The minimum Gasteiger partial charge on any atom is -0.370 e. The molecule has 0 bridgehead atoms. The van der Waals surface area contributed by atoms with E-state index in [1.165, 1.54) is 12.8 Å². The fourth-order valence-corrected chi connectivity index (χ4v) is 3.75. The molecule has 90 valence electrons. The molecular formula is C13H21NO2. The zero-order valence-corrected chi connectivity index (χ0v) is 10.4. The minimum absolute atomic E-state index is 0.248. The fourth-order valence-electron chi connectivity index (χ4n) is 3.75. The third-order valence-electron chi connectivity index (χ3n) is 4.57. The van der Waals surface area contributed by atoms with E-state index in [-0.39, 0.29) is 5.91 Å². The molecule has 4 atom stereocenters. The maximum Gasteiger partial charge on any atom is 0.219 e. The lowest BCUT2D eigenvalue weighted by Crippen LogP contribution is -2.65. The van der Waals surface area contributed by atoms with E-state index in [0.29, 0.717) is 29.6 Å². The van der Waals surface area contributed by atoms with E-state index in [1.807, 2.05) is 0 Å². The van der Waals surface area contributed by atoms with Crippen molar-refractivity contribution in [3.63, 3.8) is 0 Å². The van der Waals surface area contributed by atoms with Crippen LogP contribution in [0.5, 0.6) is 0 Å². The van der Waals surface area contributed by atoms with Crippen molar-refractivity contribution < 1.29 is 9.53 Å². The summed E-state index contributed by atoms with van der Waals surface area (Å²) in [6, 6.07) is 0.487. The van der Waals surface area contributed by atoms with Gasteiger partial charge >= 0.3 is 0 Å². The molecule has 3 heteroatoms. The van der Waals surface area contributed by atoms with Gasteiger partial charge in [-0.05, 0) is 25.2 Å². The van der Waals surface area contributed by atoms with Crippen LogP contribution in [-0.4, -0.2) is 35.6 Å². The van der Waals surface area contributed by atoms with E-state index in [2.05, 4.69) is 18.7 Å². The second kappa shape index (κ2) is 3.22. The predicted octanol–water partition coefficient (Wildman–Crippen LogP) is 1.81. The first-order chi connectivity index (χ1) is 7.52. The van der Waals surface area contributed by atoms with Crippen LogP contribution >= 0.6 is 0 Å². The molecule has 0 aromatic rings. The summed E-state index contributed by atoms with van der Waals surface area (Å²) in [5, 5.41) is 0. The molecule has 16 heavy (non-hydrogen) atoms. The van der Waals surface area contributed by atoms with Crippen molar-refractivity contribution in [2.75, 3.05) is 6.54 Å². The molecule has 3 rings (SSSR count). The molecule has 2 heterocycles. The molecule has 3 aliphatic rings. The fraction of sp³-hybridized carbons (Fsp3) is 0.923. The van der Waals surface area contributed by atoms with Crippen LogP contribution in [0.3, 0.4) is 0 Å². The Labute approximate surface area is 97.1 Å². The molecule has 3 nitrogen and oxygen atoms in total. The highest BCUT2D eigenvalue weighted by Crippen LogP contribution is 2.58. The summed E-state index contributed by atoms with van der Waals surface area (Å²) in [4.78, 5) is 13.6. The van der Waals surface area contributed by atoms with Crippen molar-refractivity contribution in [1.82, 2.24) is 4.90 Å². The van der Waals surface area contributed by atoms with Gasteiger partial charge in [0.2, 0.25) is 5.91 Å². The molecule has 3 fully saturated rings. The van der Waals surface area contributed by atoms with Gasteiger partial charge in [-0.3, -0.25) is 4.79 Å². The topological polar surface area (TPSA) is 32.8 Å². The number of fused-ring (bicyclic) bond motifs is 1. The van der Waals surface area contributed by atoms with Crippen molar-refractivity contribution in [2.24, 2.45) is 11.3 Å². The Hall–Kier alpha value is -0.570. The van der Waals surface area contributed by atoms with E-state index in [4.69, 9.17) is 4.74 Å². The van der Waals surface area contributed by atoms with E-state index >= 15 is 0 Å². The van der Waals surface area contributed by atoms with Crippen LogP contribution in [0.25, 0.3) is 0 Å². The van der Waals surface area contributed by atoms with E-state index in [1.54, 1.807) is 6.92 Å². The Balaban J connectivity index is 1.73. The average Bonchev–Trinajstić information content (AvgIpc) is 2.79. The van der Waals surface area contributed by atoms with Gasteiger partial charge in [-0.15, -0.1) is 0 Å². The number of epoxide rings is 1. The molecule has 0 aromatic carbocycles. The first-order valence-corrected chi connectivity index (χ1v) is 6.44. The van der Waals surface area contributed by atoms with Crippen LogP contribution in [0, 0.1) is 11.3 Å². The Morgan fingerprint density at radius 3 is 2.56 bits per heavy atom. The first-order valence-electron chi connectivity index (χ1n) is 6.44. The molecule has 0 aromatic heterocycles. The third kappa shape index (κ3) is 1.41. The summed E-state index contributed by atoms with van der Waals surface area (Å²) in [7, 11) is 0. The normalized spacial score (nSPS) is 44.8. The van der Waals surface area contributed by atoms with Crippen molar-refractivity contribution >= 4 is 5.91 Å². The van der Waals surface area contributed by atoms with E-state index in [0.717, 1.165) is 13.0 Å². The van der Waals surface area contributed by atoms with Crippen LogP contribution in [0.2, 0.25) is 0 Å². The Morgan fingerprint density at radius 2 is 2.06 bits per heavy atom. The van der Waals surface area contributed by atoms with Crippen LogP contribution in [0.4, 0.5) is 0 Å². The van der Waals surface area contributed by atoms with Gasteiger partial charge in [0.25, 0.3) is 0 Å². The quantitative estimate of drug-likeness (QED) is 0.669. The van der Waals surface area contributed by atoms with Gasteiger partial charge in [-0.1, -0.05) is 13.8 Å². The van der Waals surface area contributed by atoms with Gasteiger partial charge in [-0.25, -0.2) is 0 Å². The lowest BCUT2D eigenvalue weighted by Gasteiger charge is -2.57. The summed E-state index contributed by atoms with van der Waals surface area (Å²) in [5.74, 6) is 0.916. The van der Waals surface area contributed by atoms with Crippen molar-refractivity contribution in [3.05, 3.63) is 0 Å². The largest absolute Gasteiger partial charge is 0.370 e. The number of rotatable bonds is 2. The summed E-state index contributed by atoms with van der Waals surface area (Å²) in [6.07, 6.45) is 4.60. The molecule has 1 saturated carbocycles. The molecule has 1 aliphatic carbocycles. The standard InChI is InChI=1S/C13H21NO2/c1-8(2)4-12-13(7-14(12)9(3)15)5-10-11(6-13)16-10/h8,10-12H,4-7H2,1-3H3/t10-,11+,12?,13?. The van der Waals surface area contributed by atoms with Crippen molar-refractivity contribution in [3.8, 4) is 0 Å². The summed E-state index contributed by atoms with van der Waals surface area (Å²) < 4.78 is 5.53. The number of ether oxygens (including phenoxy) is 1. The third-order valence-corrected chi connectivity index (χ3v) is 4.57. The molecule has 2 unspecified atom stereocenters. The predicted molar refractivity (Wildman–Crippen MR) is 61.0 cm³/mol. The number of carbonyl (C=O) groups is 1. The number of carbonyl (C=O) groups excluding carboxylic acids is 1. The molecule has 0 radical (unpaired) electrons. The lowest BCUT2D eigenvalue weighted by atomic mass is 9.67. The number of hydrogen-bond donors (Lipinski definition) is 0. The molecule has 1 spiro atoms. The average molecular weight is 223 g/mol.